The first-order valence-corrected chi connectivity index (χ1v) is 13.3. The number of sulfone groups is 2. The van der Waals surface area contributed by atoms with Crippen LogP contribution < -0.4 is 0 Å². The van der Waals surface area contributed by atoms with E-state index in [9.17, 15) is 39.2 Å². The maximum Gasteiger partial charge on any atom is 0.416 e. The minimum absolute atomic E-state index is 0.109. The predicted octanol–water partition coefficient (Wildman–Crippen LogP) is 3.43. The number of rotatable bonds is 6. The van der Waals surface area contributed by atoms with Crippen LogP contribution in [0.3, 0.4) is 0 Å². The Hall–Kier alpha value is -2.47. The molecule has 3 rings (SSSR count). The van der Waals surface area contributed by atoms with Crippen LogP contribution in [-0.4, -0.2) is 52.7 Å². The van der Waals surface area contributed by atoms with Gasteiger partial charge in [-0.15, -0.1) is 0 Å². The molecule has 0 bridgehead atoms. The van der Waals surface area contributed by atoms with E-state index in [0.29, 0.717) is 6.07 Å². The summed E-state index contributed by atoms with van der Waals surface area (Å²) in [6.07, 6.45) is -3.77. The molecule has 2 aromatic carbocycles. The summed E-state index contributed by atoms with van der Waals surface area (Å²) in [5, 5.41) is 0. The van der Waals surface area contributed by atoms with Crippen LogP contribution in [0, 0.1) is 17.7 Å². The summed E-state index contributed by atoms with van der Waals surface area (Å²) in [5.41, 5.74) is -1.37. The van der Waals surface area contributed by atoms with Gasteiger partial charge < -0.3 is 4.90 Å². The zero-order valence-electron chi connectivity index (χ0n) is 17.6. The third kappa shape index (κ3) is 5.55. The fourth-order valence-corrected chi connectivity index (χ4v) is 6.26. The van der Waals surface area contributed by atoms with E-state index in [2.05, 4.69) is 0 Å². The van der Waals surface area contributed by atoms with Crippen molar-refractivity contribution < 1.29 is 39.2 Å². The molecule has 1 aliphatic heterocycles. The molecule has 1 atom stereocenters. The predicted molar refractivity (Wildman–Crippen MR) is 112 cm³/mol. The van der Waals surface area contributed by atoms with Crippen molar-refractivity contribution in [2.24, 2.45) is 11.8 Å². The second-order valence-corrected chi connectivity index (χ2v) is 12.2. The quantitative estimate of drug-likeness (QED) is 0.442. The number of carbonyl (C=O) groups excluding carboxylic acids is 1. The van der Waals surface area contributed by atoms with Crippen molar-refractivity contribution >= 4 is 25.6 Å². The molecular formula is C21H21F4NO5S2. The molecule has 1 unspecified atom stereocenters. The number of hydrogen-bond donors (Lipinski definition) is 0. The van der Waals surface area contributed by atoms with E-state index in [1.807, 2.05) is 0 Å². The summed E-state index contributed by atoms with van der Waals surface area (Å²) >= 11 is 0. The molecule has 1 heterocycles. The molecule has 0 spiro atoms. The molecule has 0 aromatic heterocycles. The molecule has 0 saturated carbocycles. The fraction of sp³-hybridized carbons (Fsp3) is 0.381. The number of hydrogen-bond acceptors (Lipinski definition) is 5. The van der Waals surface area contributed by atoms with Gasteiger partial charge in [0.2, 0.25) is 0 Å². The SMILES string of the molecule is CC(CS(=O)(=O)c1cccc(C(F)(F)F)c1)C1CN(C(=O)c2cc(F)ccc2S(C)(=O)=O)C1. The molecule has 1 fully saturated rings. The summed E-state index contributed by atoms with van der Waals surface area (Å²) in [5.74, 6) is -2.65. The lowest BCUT2D eigenvalue weighted by Gasteiger charge is -2.42. The van der Waals surface area contributed by atoms with E-state index in [1.54, 1.807) is 6.92 Å². The molecular weight excluding hydrogens is 486 g/mol. The highest BCUT2D eigenvalue weighted by Crippen LogP contribution is 2.33. The van der Waals surface area contributed by atoms with Crippen molar-refractivity contribution in [2.45, 2.75) is 22.9 Å². The lowest BCUT2D eigenvalue weighted by atomic mass is 9.88. The summed E-state index contributed by atoms with van der Waals surface area (Å²) in [6, 6.07) is 6.30. The number of benzene rings is 2. The van der Waals surface area contributed by atoms with Crippen LogP contribution in [0.2, 0.25) is 0 Å². The van der Waals surface area contributed by atoms with Crippen LogP contribution in [0.5, 0.6) is 0 Å². The van der Waals surface area contributed by atoms with Crippen molar-refractivity contribution in [2.75, 3.05) is 25.1 Å². The lowest BCUT2D eigenvalue weighted by Crippen LogP contribution is -2.53. The Balaban J connectivity index is 1.70. The molecule has 1 amide bonds. The molecule has 180 valence electrons. The van der Waals surface area contributed by atoms with E-state index in [0.717, 1.165) is 42.7 Å². The Morgan fingerprint density at radius 1 is 1.09 bits per heavy atom. The number of carbonyl (C=O) groups is 1. The van der Waals surface area contributed by atoms with E-state index in [1.165, 1.54) is 4.90 Å². The molecule has 12 heteroatoms. The second-order valence-electron chi connectivity index (χ2n) is 8.17. The Bertz CT molecular complexity index is 1280. The number of alkyl halides is 3. The number of nitrogens with zero attached hydrogens (tertiary/aromatic N) is 1. The minimum Gasteiger partial charge on any atom is -0.338 e. The van der Waals surface area contributed by atoms with Gasteiger partial charge in [0.25, 0.3) is 5.91 Å². The smallest absolute Gasteiger partial charge is 0.338 e. The normalized spacial score (nSPS) is 16.4. The molecule has 33 heavy (non-hydrogen) atoms. The lowest BCUT2D eigenvalue weighted by molar-refractivity contribution is -0.137. The molecule has 1 saturated heterocycles. The van der Waals surface area contributed by atoms with E-state index in [-0.39, 0.29) is 29.5 Å². The standard InChI is InChI=1S/C21H21F4NO5S2/c1-13(12-33(30,31)17-5-3-4-15(8-17)21(23,24)25)14-10-26(11-14)20(27)18-9-16(22)6-7-19(18)32(2,28)29/h3-9,13-14H,10-12H2,1-2H3. The Labute approximate surface area is 189 Å². The molecule has 6 nitrogen and oxygen atoms in total. The zero-order valence-corrected chi connectivity index (χ0v) is 19.3. The van der Waals surface area contributed by atoms with Gasteiger partial charge >= 0.3 is 6.18 Å². The molecule has 0 aliphatic carbocycles. The van der Waals surface area contributed by atoms with Crippen LogP contribution in [0.25, 0.3) is 0 Å². The van der Waals surface area contributed by atoms with E-state index < -0.39 is 59.7 Å². The highest BCUT2D eigenvalue weighted by Gasteiger charge is 2.38. The molecule has 2 aromatic rings. The van der Waals surface area contributed by atoms with Gasteiger partial charge in [0.05, 0.1) is 26.7 Å². The van der Waals surface area contributed by atoms with Gasteiger partial charge in [-0.2, -0.15) is 13.2 Å². The third-order valence-electron chi connectivity index (χ3n) is 5.58. The van der Waals surface area contributed by atoms with Crippen molar-refractivity contribution in [3.8, 4) is 0 Å². The van der Waals surface area contributed by atoms with E-state index in [4.69, 9.17) is 0 Å². The van der Waals surface area contributed by atoms with Crippen LogP contribution in [0.15, 0.2) is 52.3 Å². The van der Waals surface area contributed by atoms with Crippen molar-refractivity contribution in [3.63, 3.8) is 0 Å². The van der Waals surface area contributed by atoms with Gasteiger partial charge in [-0.1, -0.05) is 13.0 Å². The van der Waals surface area contributed by atoms with Crippen molar-refractivity contribution in [1.82, 2.24) is 4.90 Å². The highest BCUT2D eigenvalue weighted by atomic mass is 32.2. The van der Waals surface area contributed by atoms with Gasteiger partial charge in [-0.25, -0.2) is 21.2 Å². The third-order valence-corrected chi connectivity index (χ3v) is 8.67. The summed E-state index contributed by atoms with van der Waals surface area (Å²) in [4.78, 5) is 13.3. The monoisotopic (exact) mass is 507 g/mol. The van der Waals surface area contributed by atoms with Crippen LogP contribution in [0.4, 0.5) is 17.6 Å². The number of halogens is 4. The van der Waals surface area contributed by atoms with Gasteiger partial charge in [0.1, 0.15) is 5.82 Å². The van der Waals surface area contributed by atoms with Crippen LogP contribution in [0.1, 0.15) is 22.8 Å². The van der Waals surface area contributed by atoms with Gasteiger partial charge in [0.15, 0.2) is 19.7 Å². The van der Waals surface area contributed by atoms with Gasteiger partial charge in [-0.3, -0.25) is 4.79 Å². The Morgan fingerprint density at radius 2 is 1.73 bits per heavy atom. The van der Waals surface area contributed by atoms with Crippen LogP contribution >= 0.6 is 0 Å². The average Bonchev–Trinajstić information content (AvgIpc) is 2.64. The maximum atomic E-state index is 13.6. The fourth-order valence-electron chi connectivity index (χ4n) is 3.65. The summed E-state index contributed by atoms with van der Waals surface area (Å²) < 4.78 is 101. The van der Waals surface area contributed by atoms with Gasteiger partial charge in [0, 0.05) is 19.3 Å². The van der Waals surface area contributed by atoms with Crippen LogP contribution in [-0.2, 0) is 25.9 Å². The Kier molecular flexibility index (Phi) is 6.64. The first-order chi connectivity index (χ1) is 15.1. The molecule has 0 radical (unpaired) electrons. The highest BCUT2D eigenvalue weighted by molar-refractivity contribution is 7.91. The topological polar surface area (TPSA) is 88.6 Å². The zero-order chi connectivity index (χ0) is 24.8. The maximum absolute atomic E-state index is 13.6. The van der Waals surface area contributed by atoms with Gasteiger partial charge in [-0.05, 0) is 48.2 Å². The minimum atomic E-state index is -4.67. The number of amides is 1. The first kappa shape index (κ1) is 25.2. The van der Waals surface area contributed by atoms with E-state index >= 15 is 0 Å². The first-order valence-electron chi connectivity index (χ1n) is 9.78. The Morgan fingerprint density at radius 3 is 2.30 bits per heavy atom. The summed E-state index contributed by atoms with van der Waals surface area (Å²) in [7, 11) is -7.80. The second kappa shape index (κ2) is 8.71. The number of likely N-dealkylation sites (tertiary alicyclic amines) is 1. The largest absolute Gasteiger partial charge is 0.416 e. The average molecular weight is 508 g/mol. The molecule has 0 N–H and O–H groups in total. The molecule has 1 aliphatic rings. The van der Waals surface area contributed by atoms with Crippen molar-refractivity contribution in [3.05, 3.63) is 59.4 Å². The van der Waals surface area contributed by atoms with Crippen molar-refractivity contribution in [1.29, 1.82) is 0 Å². The summed E-state index contributed by atoms with van der Waals surface area (Å²) in [6.45, 7) is 1.83.